The highest BCUT2D eigenvalue weighted by molar-refractivity contribution is 6.40. The molecule has 31 heavy (non-hydrogen) atoms. The number of rotatable bonds is 4. The lowest BCUT2D eigenvalue weighted by Gasteiger charge is -2.11. The van der Waals surface area contributed by atoms with Crippen LogP contribution in [0.2, 0.25) is 10.0 Å². The summed E-state index contributed by atoms with van der Waals surface area (Å²) >= 11 is 11.8. The van der Waals surface area contributed by atoms with Crippen molar-refractivity contribution in [2.45, 2.75) is 27.7 Å². The van der Waals surface area contributed by atoms with Gasteiger partial charge in [0.2, 0.25) is 0 Å². The summed E-state index contributed by atoms with van der Waals surface area (Å²) in [5, 5.41) is 7.06. The van der Waals surface area contributed by atoms with Crippen LogP contribution in [0.5, 0.6) is 0 Å². The molecule has 0 unspecified atom stereocenters. The number of hydrogen-bond acceptors (Lipinski definition) is 3. The summed E-state index contributed by atoms with van der Waals surface area (Å²) in [6, 6.07) is 12.8. The minimum absolute atomic E-state index is 0.318. The van der Waals surface area contributed by atoms with E-state index in [9.17, 15) is 9.59 Å². The number of halogens is 2. The lowest BCUT2D eigenvalue weighted by atomic mass is 10.1. The Balaban J connectivity index is 1.71. The number of hydrogen-bond donors (Lipinski definition) is 2. The number of aryl methyl sites for hydroxylation is 3. The summed E-state index contributed by atoms with van der Waals surface area (Å²) in [5.74, 6) is -1.79. The third-order valence-corrected chi connectivity index (χ3v) is 5.07. The van der Waals surface area contributed by atoms with Gasteiger partial charge in [0.15, 0.2) is 0 Å². The number of amides is 2. The van der Waals surface area contributed by atoms with Crippen molar-refractivity contribution in [1.29, 1.82) is 0 Å². The zero-order chi connectivity index (χ0) is 22.7. The van der Waals surface area contributed by atoms with E-state index in [1.165, 1.54) is 35.5 Å². The Morgan fingerprint density at radius 3 is 2.10 bits per heavy atom. The minimum Gasteiger partial charge on any atom is -0.318 e. The van der Waals surface area contributed by atoms with E-state index in [1.807, 2.05) is 19.9 Å². The van der Waals surface area contributed by atoms with Gasteiger partial charge in [-0.05, 0) is 75.2 Å². The maximum atomic E-state index is 12.1. The van der Waals surface area contributed by atoms with Gasteiger partial charge in [0.1, 0.15) is 0 Å². The second-order valence-corrected chi connectivity index (χ2v) is 8.19. The van der Waals surface area contributed by atoms with Gasteiger partial charge in [-0.3, -0.25) is 9.59 Å². The molecule has 1 aromatic heterocycles. The van der Waals surface area contributed by atoms with Crippen molar-refractivity contribution < 1.29 is 9.59 Å². The average molecular weight is 457 g/mol. The molecule has 0 fully saturated rings. The van der Waals surface area contributed by atoms with Crippen molar-refractivity contribution in [2.75, 3.05) is 5.32 Å². The van der Waals surface area contributed by atoms with Gasteiger partial charge < -0.3 is 9.88 Å². The van der Waals surface area contributed by atoms with Crippen molar-refractivity contribution in [2.24, 2.45) is 5.10 Å². The Bertz CT molecular complexity index is 1160. The molecular weight excluding hydrogens is 435 g/mol. The summed E-state index contributed by atoms with van der Waals surface area (Å²) in [6.45, 7) is 8.10. The van der Waals surface area contributed by atoms with Crippen LogP contribution in [-0.4, -0.2) is 22.6 Å². The average Bonchev–Trinajstić information content (AvgIpc) is 2.93. The van der Waals surface area contributed by atoms with Crippen LogP contribution in [0.15, 0.2) is 47.6 Å². The van der Waals surface area contributed by atoms with E-state index < -0.39 is 11.8 Å². The number of carbonyl (C=O) groups excluding carboxylic acids is 2. The first-order valence-electron chi connectivity index (χ1n) is 9.52. The third-order valence-electron chi connectivity index (χ3n) is 4.63. The number of anilines is 1. The van der Waals surface area contributed by atoms with Crippen LogP contribution in [-0.2, 0) is 9.59 Å². The minimum atomic E-state index is -0.907. The van der Waals surface area contributed by atoms with Crippen LogP contribution in [0.1, 0.15) is 28.1 Å². The molecule has 1 heterocycles. The first-order chi connectivity index (χ1) is 14.6. The summed E-state index contributed by atoms with van der Waals surface area (Å²) in [6.07, 6.45) is 1.52. The van der Waals surface area contributed by atoms with Crippen molar-refractivity contribution in [1.82, 2.24) is 9.99 Å². The Morgan fingerprint density at radius 1 is 0.871 bits per heavy atom. The molecule has 3 rings (SSSR count). The standard InChI is InChI=1S/C23H22Cl2N4O2/c1-13-5-14(2)7-21(6-13)29-15(3)8-17(16(29)4)12-26-28-23(31)22(30)27-20-10-18(24)9-19(25)11-20/h5-12H,1-4H3,(H,27,30)(H,28,31)/b26-12-. The molecule has 0 aliphatic rings. The Kier molecular flexibility index (Phi) is 6.83. The zero-order valence-electron chi connectivity index (χ0n) is 17.6. The van der Waals surface area contributed by atoms with Crippen LogP contribution < -0.4 is 10.7 Å². The number of nitrogens with one attached hydrogen (secondary N) is 2. The predicted octanol–water partition coefficient (Wildman–Crippen LogP) is 5.11. The number of aromatic nitrogens is 1. The second kappa shape index (κ2) is 9.37. The van der Waals surface area contributed by atoms with E-state index in [0.29, 0.717) is 15.7 Å². The number of hydrazone groups is 1. The number of carbonyl (C=O) groups is 2. The molecule has 0 saturated carbocycles. The van der Waals surface area contributed by atoms with E-state index in [2.05, 4.69) is 52.5 Å². The summed E-state index contributed by atoms with van der Waals surface area (Å²) in [4.78, 5) is 24.1. The van der Waals surface area contributed by atoms with Crippen molar-refractivity contribution in [3.63, 3.8) is 0 Å². The van der Waals surface area contributed by atoms with Crippen LogP contribution in [0.25, 0.3) is 5.69 Å². The maximum absolute atomic E-state index is 12.1. The number of nitrogens with zero attached hydrogens (tertiary/aromatic N) is 2. The Morgan fingerprint density at radius 2 is 1.48 bits per heavy atom. The van der Waals surface area contributed by atoms with Gasteiger partial charge in [-0.1, -0.05) is 29.3 Å². The van der Waals surface area contributed by atoms with Gasteiger partial charge in [0, 0.05) is 38.4 Å². The van der Waals surface area contributed by atoms with Crippen molar-refractivity contribution in [3.8, 4) is 5.69 Å². The molecule has 2 amide bonds. The van der Waals surface area contributed by atoms with E-state index in [0.717, 1.165) is 22.6 Å². The van der Waals surface area contributed by atoms with Crippen molar-refractivity contribution >= 4 is 46.9 Å². The van der Waals surface area contributed by atoms with Gasteiger partial charge in [0.25, 0.3) is 0 Å². The molecule has 0 atom stereocenters. The fraction of sp³-hybridized carbons (Fsp3) is 0.174. The van der Waals surface area contributed by atoms with E-state index in [-0.39, 0.29) is 0 Å². The highest BCUT2D eigenvalue weighted by Crippen LogP contribution is 2.23. The Labute approximate surface area is 190 Å². The lowest BCUT2D eigenvalue weighted by molar-refractivity contribution is -0.136. The maximum Gasteiger partial charge on any atom is 0.329 e. The summed E-state index contributed by atoms with van der Waals surface area (Å²) in [7, 11) is 0. The second-order valence-electron chi connectivity index (χ2n) is 7.32. The molecule has 3 aromatic rings. The molecule has 0 spiro atoms. The fourth-order valence-corrected chi connectivity index (χ4v) is 3.95. The molecule has 0 radical (unpaired) electrons. The van der Waals surface area contributed by atoms with E-state index >= 15 is 0 Å². The van der Waals surface area contributed by atoms with Gasteiger partial charge in [-0.2, -0.15) is 5.10 Å². The molecule has 2 N–H and O–H groups in total. The molecule has 160 valence electrons. The van der Waals surface area contributed by atoms with Crippen LogP contribution in [0.4, 0.5) is 5.69 Å². The molecule has 6 nitrogen and oxygen atoms in total. The van der Waals surface area contributed by atoms with Gasteiger partial charge in [-0.25, -0.2) is 5.43 Å². The third kappa shape index (κ3) is 5.54. The van der Waals surface area contributed by atoms with Crippen molar-refractivity contribution in [3.05, 3.63) is 80.6 Å². The summed E-state index contributed by atoms with van der Waals surface area (Å²) in [5.41, 5.74) is 8.81. The first-order valence-corrected chi connectivity index (χ1v) is 10.3. The smallest absolute Gasteiger partial charge is 0.318 e. The molecule has 0 bridgehead atoms. The van der Waals surface area contributed by atoms with Gasteiger partial charge >= 0.3 is 11.8 Å². The quantitative estimate of drug-likeness (QED) is 0.325. The summed E-state index contributed by atoms with van der Waals surface area (Å²) < 4.78 is 2.12. The molecule has 2 aromatic carbocycles. The van der Waals surface area contributed by atoms with Gasteiger partial charge in [-0.15, -0.1) is 0 Å². The lowest BCUT2D eigenvalue weighted by Crippen LogP contribution is -2.32. The monoisotopic (exact) mass is 456 g/mol. The molecular formula is C23H22Cl2N4O2. The highest BCUT2D eigenvalue weighted by Gasteiger charge is 2.14. The van der Waals surface area contributed by atoms with Gasteiger partial charge in [0.05, 0.1) is 6.21 Å². The topological polar surface area (TPSA) is 75.5 Å². The fourth-order valence-electron chi connectivity index (χ4n) is 3.42. The number of benzene rings is 2. The Hall–Kier alpha value is -3.09. The van der Waals surface area contributed by atoms with E-state index in [1.54, 1.807) is 0 Å². The van der Waals surface area contributed by atoms with Crippen LogP contribution >= 0.6 is 23.2 Å². The molecule has 8 heteroatoms. The normalized spacial score (nSPS) is 11.0. The SMILES string of the molecule is Cc1cc(C)cc(-n2c(C)cc(/C=N\NC(=O)C(=O)Nc3cc(Cl)cc(Cl)c3)c2C)c1. The predicted molar refractivity (Wildman–Crippen MR) is 126 cm³/mol. The largest absolute Gasteiger partial charge is 0.329 e. The highest BCUT2D eigenvalue weighted by atomic mass is 35.5. The van der Waals surface area contributed by atoms with Crippen LogP contribution in [0.3, 0.4) is 0 Å². The van der Waals surface area contributed by atoms with Crippen LogP contribution in [0, 0.1) is 27.7 Å². The van der Waals surface area contributed by atoms with E-state index in [4.69, 9.17) is 23.2 Å². The molecule has 0 aliphatic carbocycles. The molecule has 0 saturated heterocycles. The first kappa shape index (κ1) is 22.6. The molecule has 0 aliphatic heterocycles. The zero-order valence-corrected chi connectivity index (χ0v) is 19.1.